The molecule has 0 saturated carbocycles. The molecule has 1 aromatic rings. The van der Waals surface area contributed by atoms with E-state index in [4.69, 9.17) is 22.9 Å². The predicted molar refractivity (Wildman–Crippen MR) is 233 cm³/mol. The lowest BCUT2D eigenvalue weighted by molar-refractivity contribution is -0.870. The monoisotopic (exact) mass is 839 g/mol. The molecule has 0 bridgehead atoms. The number of aryl methyl sites for hydroxylation is 2. The van der Waals surface area contributed by atoms with Crippen LogP contribution in [0.25, 0.3) is 0 Å². The van der Waals surface area contributed by atoms with Gasteiger partial charge in [0.15, 0.2) is 11.9 Å². The molecule has 2 atom stereocenters. The van der Waals surface area contributed by atoms with Crippen molar-refractivity contribution < 1.29 is 51.3 Å². The van der Waals surface area contributed by atoms with Crippen molar-refractivity contribution in [3.8, 4) is 0 Å². The fraction of sp³-hybridized carbons (Fsp3) is 0.761. The summed E-state index contributed by atoms with van der Waals surface area (Å²) < 4.78 is 40.5. The van der Waals surface area contributed by atoms with E-state index >= 15 is 0 Å². The van der Waals surface area contributed by atoms with E-state index in [0.717, 1.165) is 108 Å². The van der Waals surface area contributed by atoms with Crippen LogP contribution < -0.4 is 0 Å². The average Bonchev–Trinajstić information content (AvgIpc) is 3.43. The van der Waals surface area contributed by atoms with E-state index in [-0.39, 0.29) is 31.8 Å². The van der Waals surface area contributed by atoms with Gasteiger partial charge >= 0.3 is 19.8 Å². The highest BCUT2D eigenvalue weighted by molar-refractivity contribution is 7.47. The van der Waals surface area contributed by atoms with Crippen molar-refractivity contribution in [2.24, 2.45) is 0 Å². The Labute approximate surface area is 351 Å². The summed E-state index contributed by atoms with van der Waals surface area (Å²) >= 11 is 0. The zero-order valence-corrected chi connectivity index (χ0v) is 38.4. The molecule has 0 fully saturated rings. The molecule has 0 aliphatic carbocycles. The Morgan fingerprint density at radius 3 is 1.84 bits per heavy atom. The number of esters is 2. The van der Waals surface area contributed by atoms with Crippen LogP contribution in [0.1, 0.15) is 171 Å². The molecule has 334 valence electrons. The minimum Gasteiger partial charge on any atom is -0.466 e. The van der Waals surface area contributed by atoms with Crippen molar-refractivity contribution in [1.29, 1.82) is 0 Å². The fourth-order valence-electron chi connectivity index (χ4n) is 6.29. The van der Waals surface area contributed by atoms with E-state index in [1.54, 1.807) is 6.08 Å². The van der Waals surface area contributed by atoms with Gasteiger partial charge in [0.2, 0.25) is 0 Å². The molecule has 0 aliphatic rings. The second-order valence-corrected chi connectivity index (χ2v) is 18.2. The number of hydrogen-bond donors (Lipinski definition) is 1. The third-order valence-corrected chi connectivity index (χ3v) is 11.1. The summed E-state index contributed by atoms with van der Waals surface area (Å²) in [6, 6.07) is 0. The number of carbonyl (C=O) groups excluding carboxylic acids is 3. The number of rotatable bonds is 37. The van der Waals surface area contributed by atoms with Crippen molar-refractivity contribution in [3.63, 3.8) is 0 Å². The first-order valence-electron chi connectivity index (χ1n) is 22.4. The van der Waals surface area contributed by atoms with Crippen molar-refractivity contribution in [2.75, 3.05) is 47.5 Å². The quantitative estimate of drug-likeness (QED) is 0.0172. The van der Waals surface area contributed by atoms with Gasteiger partial charge in [-0.1, -0.05) is 103 Å². The van der Waals surface area contributed by atoms with Gasteiger partial charge in [-0.05, 0) is 76.0 Å². The summed E-state index contributed by atoms with van der Waals surface area (Å²) in [4.78, 5) is 47.3. The van der Waals surface area contributed by atoms with Crippen molar-refractivity contribution in [2.45, 2.75) is 181 Å². The van der Waals surface area contributed by atoms with E-state index < -0.39 is 32.5 Å². The number of likely N-dealkylation sites (N-methyl/N-ethyl adjacent to an activating group) is 1. The summed E-state index contributed by atoms with van der Waals surface area (Å²) in [5.74, 6) is 1.55. The van der Waals surface area contributed by atoms with Crippen LogP contribution in [0.3, 0.4) is 0 Å². The molecule has 0 amide bonds. The topological polar surface area (TPSA) is 139 Å². The Balaban J connectivity index is 2.41. The van der Waals surface area contributed by atoms with Gasteiger partial charge in [-0.3, -0.25) is 23.4 Å². The molecular formula is C46H81NO10P+. The normalized spacial score (nSPS) is 13.7. The molecule has 1 rings (SSSR count). The van der Waals surface area contributed by atoms with Crippen LogP contribution in [0.2, 0.25) is 0 Å². The van der Waals surface area contributed by atoms with Gasteiger partial charge in [0.1, 0.15) is 31.3 Å². The molecule has 0 radical (unpaired) electrons. The standard InChI is InChI=1S/C46H80NO10P/c1-8-10-23-29-41(48)30-25-19-15-13-12-14-16-22-28-34-46(50)56-42(38-55-58(51,52)54-36-35-47(5,6)7)37-53-45(49)33-27-21-18-17-20-26-32-44-40(4)39(3)43(57-44)31-24-11-9-2/h15,19,25,30,42H,8-14,16-18,20-24,26-29,31-38H2,1-7H3/p+1/b19-15-,30-25+/t42-/m1/s1. The molecule has 12 heteroatoms. The van der Waals surface area contributed by atoms with Crippen molar-refractivity contribution in [1.82, 2.24) is 0 Å². The highest BCUT2D eigenvalue weighted by Gasteiger charge is 2.27. The van der Waals surface area contributed by atoms with Gasteiger partial charge in [-0.15, -0.1) is 0 Å². The lowest BCUT2D eigenvalue weighted by atomic mass is 10.0. The number of ketones is 1. The molecule has 1 heterocycles. The maximum atomic E-state index is 12.7. The predicted octanol–water partition coefficient (Wildman–Crippen LogP) is 11.2. The van der Waals surface area contributed by atoms with Crippen LogP contribution in [0.5, 0.6) is 0 Å². The molecule has 0 spiro atoms. The van der Waals surface area contributed by atoms with E-state index in [9.17, 15) is 23.8 Å². The van der Waals surface area contributed by atoms with Crippen LogP contribution in [-0.4, -0.2) is 80.7 Å². The number of phosphoric acid groups is 1. The third kappa shape index (κ3) is 28.8. The molecule has 58 heavy (non-hydrogen) atoms. The highest BCUT2D eigenvalue weighted by atomic mass is 31.2. The zero-order chi connectivity index (χ0) is 43.1. The number of carbonyl (C=O) groups is 3. The van der Waals surface area contributed by atoms with Crippen LogP contribution >= 0.6 is 7.82 Å². The fourth-order valence-corrected chi connectivity index (χ4v) is 7.03. The lowest BCUT2D eigenvalue weighted by Crippen LogP contribution is -2.37. The number of quaternary nitrogens is 1. The number of hydrogen-bond acceptors (Lipinski definition) is 9. The molecular weight excluding hydrogens is 757 g/mol. The van der Waals surface area contributed by atoms with Crippen molar-refractivity contribution >= 4 is 25.5 Å². The molecule has 1 unspecified atom stereocenters. The lowest BCUT2D eigenvalue weighted by Gasteiger charge is -2.24. The summed E-state index contributed by atoms with van der Waals surface area (Å²) in [6.07, 6.45) is 27.5. The first kappa shape index (κ1) is 53.5. The first-order chi connectivity index (χ1) is 27.7. The number of unbranched alkanes of at least 4 members (excludes halogenated alkanes) is 14. The van der Waals surface area contributed by atoms with E-state index in [2.05, 4.69) is 33.8 Å². The highest BCUT2D eigenvalue weighted by Crippen LogP contribution is 2.43. The molecule has 1 aromatic heterocycles. The number of nitrogens with zero attached hydrogens (tertiary/aromatic N) is 1. The number of allylic oxidation sites excluding steroid dienone is 4. The SMILES string of the molecule is CCCCCC(=O)/C=C/C=C\CCCCCCCC(=O)O[C@H](COC(=O)CCCCCCCCc1oc(CCCCC)c(C)c1C)COP(=O)(O)OCC[N+](C)(C)C. The Kier molecular flexibility index (Phi) is 29.7. The second kappa shape index (κ2) is 32.2. The Morgan fingerprint density at radius 2 is 1.22 bits per heavy atom. The molecule has 1 N–H and O–H groups in total. The van der Waals surface area contributed by atoms with Gasteiger partial charge in [-0.25, -0.2) is 4.57 Å². The second-order valence-electron chi connectivity index (χ2n) is 16.7. The van der Waals surface area contributed by atoms with Crippen LogP contribution in [0, 0.1) is 13.8 Å². The number of phosphoric ester groups is 1. The van der Waals surface area contributed by atoms with Crippen LogP contribution in [0.15, 0.2) is 28.7 Å². The summed E-state index contributed by atoms with van der Waals surface area (Å²) in [6.45, 7) is 8.46. The number of furan rings is 1. The maximum absolute atomic E-state index is 12.7. The summed E-state index contributed by atoms with van der Waals surface area (Å²) in [5, 5.41) is 0. The van der Waals surface area contributed by atoms with Gasteiger partial charge < -0.3 is 23.3 Å². The van der Waals surface area contributed by atoms with Crippen LogP contribution in [-0.2, 0) is 50.3 Å². The Bertz CT molecular complexity index is 1380. The van der Waals surface area contributed by atoms with Gasteiger partial charge in [-0.2, -0.15) is 0 Å². The largest absolute Gasteiger partial charge is 0.472 e. The molecule has 0 aliphatic heterocycles. The first-order valence-corrected chi connectivity index (χ1v) is 23.9. The van der Waals surface area contributed by atoms with Gasteiger partial charge in [0.25, 0.3) is 0 Å². The average molecular weight is 839 g/mol. The number of ether oxygens (including phenoxy) is 2. The molecule has 0 aromatic carbocycles. The minimum atomic E-state index is -4.41. The Hall–Kier alpha value is -2.56. The van der Waals surface area contributed by atoms with E-state index in [1.165, 1.54) is 30.4 Å². The molecule has 0 saturated heterocycles. The molecule has 11 nitrogen and oxygen atoms in total. The van der Waals surface area contributed by atoms with Crippen molar-refractivity contribution in [3.05, 3.63) is 47.0 Å². The maximum Gasteiger partial charge on any atom is 0.472 e. The van der Waals surface area contributed by atoms with E-state index in [0.29, 0.717) is 30.3 Å². The minimum absolute atomic E-state index is 0.00758. The van der Waals surface area contributed by atoms with Gasteiger partial charge in [0, 0.05) is 32.1 Å². The smallest absolute Gasteiger partial charge is 0.466 e. The third-order valence-electron chi connectivity index (χ3n) is 10.2. The van der Waals surface area contributed by atoms with E-state index in [1.807, 2.05) is 33.3 Å². The summed E-state index contributed by atoms with van der Waals surface area (Å²) in [7, 11) is 1.39. The van der Waals surface area contributed by atoms with Gasteiger partial charge in [0.05, 0.1) is 27.7 Å². The Morgan fingerprint density at radius 1 is 0.690 bits per heavy atom. The summed E-state index contributed by atoms with van der Waals surface area (Å²) in [5.41, 5.74) is 2.60. The zero-order valence-electron chi connectivity index (χ0n) is 37.5. The van der Waals surface area contributed by atoms with Crippen LogP contribution in [0.4, 0.5) is 0 Å².